The van der Waals surface area contributed by atoms with Gasteiger partial charge in [0.15, 0.2) is 0 Å². The average molecular weight is 291 g/mol. The summed E-state index contributed by atoms with van der Waals surface area (Å²) in [5.41, 5.74) is 1.23. The molecule has 1 N–H and O–H groups in total. The number of aldehydes is 1. The molecule has 21 heavy (non-hydrogen) atoms. The van der Waals surface area contributed by atoms with Crippen LogP contribution in [0.3, 0.4) is 0 Å². The molecule has 0 aliphatic heterocycles. The van der Waals surface area contributed by atoms with E-state index in [1.165, 1.54) is 5.56 Å². The van der Waals surface area contributed by atoms with Gasteiger partial charge in [0, 0.05) is 0 Å². The normalized spacial score (nSPS) is 11.9. The molecule has 0 bridgehead atoms. The van der Waals surface area contributed by atoms with Gasteiger partial charge < -0.3 is 14.8 Å². The number of ether oxygens (including phenoxy) is 1. The van der Waals surface area contributed by atoms with Gasteiger partial charge in [-0.2, -0.15) is 0 Å². The van der Waals surface area contributed by atoms with E-state index in [1.807, 2.05) is 18.2 Å². The van der Waals surface area contributed by atoms with Crippen LogP contribution in [-0.2, 0) is 20.7 Å². The summed E-state index contributed by atoms with van der Waals surface area (Å²) in [5, 5.41) is 2.56. The lowest BCUT2D eigenvalue weighted by Crippen LogP contribution is -2.30. The van der Waals surface area contributed by atoms with Crippen LogP contribution in [-0.4, -0.2) is 31.4 Å². The van der Waals surface area contributed by atoms with Gasteiger partial charge in [-0.25, -0.2) is 0 Å². The van der Waals surface area contributed by atoms with Crippen molar-refractivity contribution in [3.05, 3.63) is 35.9 Å². The standard InChI is InChI=1S/C17H25NO3/c1-2-3-9-16(14-17(20)18-11-12-19)21-13-10-15-7-5-4-6-8-15/h4-8,12,16H,2-3,9-11,13-14H2,1H3,(H,18,20). The summed E-state index contributed by atoms with van der Waals surface area (Å²) in [7, 11) is 0. The Kier molecular flexibility index (Phi) is 9.13. The summed E-state index contributed by atoms with van der Waals surface area (Å²) in [4.78, 5) is 21.9. The van der Waals surface area contributed by atoms with Gasteiger partial charge in [-0.05, 0) is 18.4 Å². The number of carbonyl (C=O) groups is 2. The second kappa shape index (κ2) is 11.0. The highest BCUT2D eigenvalue weighted by atomic mass is 16.5. The van der Waals surface area contributed by atoms with Crippen molar-refractivity contribution in [2.75, 3.05) is 13.2 Å². The van der Waals surface area contributed by atoms with E-state index in [2.05, 4.69) is 24.4 Å². The van der Waals surface area contributed by atoms with Gasteiger partial charge in [0.05, 0.1) is 25.7 Å². The molecular weight excluding hydrogens is 266 g/mol. The van der Waals surface area contributed by atoms with E-state index in [4.69, 9.17) is 4.74 Å². The monoisotopic (exact) mass is 291 g/mol. The third-order valence-corrected chi connectivity index (χ3v) is 3.26. The Morgan fingerprint density at radius 2 is 2.10 bits per heavy atom. The first-order valence-corrected chi connectivity index (χ1v) is 7.62. The van der Waals surface area contributed by atoms with Crippen molar-refractivity contribution in [1.29, 1.82) is 0 Å². The summed E-state index contributed by atoms with van der Waals surface area (Å²) in [5.74, 6) is -0.122. The van der Waals surface area contributed by atoms with Crippen LogP contribution in [0.15, 0.2) is 30.3 Å². The van der Waals surface area contributed by atoms with Crippen LogP contribution in [0.4, 0.5) is 0 Å². The Hall–Kier alpha value is -1.68. The van der Waals surface area contributed by atoms with E-state index < -0.39 is 0 Å². The zero-order valence-corrected chi connectivity index (χ0v) is 12.7. The fraction of sp³-hybridized carbons (Fsp3) is 0.529. The Labute approximate surface area is 126 Å². The van der Waals surface area contributed by atoms with Gasteiger partial charge in [0.1, 0.15) is 6.29 Å². The smallest absolute Gasteiger partial charge is 0.222 e. The first kappa shape index (κ1) is 17.4. The van der Waals surface area contributed by atoms with E-state index in [9.17, 15) is 9.59 Å². The summed E-state index contributed by atoms with van der Waals surface area (Å²) < 4.78 is 5.85. The van der Waals surface area contributed by atoms with Gasteiger partial charge in [0.25, 0.3) is 0 Å². The fourth-order valence-corrected chi connectivity index (χ4v) is 2.10. The molecule has 1 aromatic rings. The lowest BCUT2D eigenvalue weighted by molar-refractivity contribution is -0.125. The van der Waals surface area contributed by atoms with Gasteiger partial charge in [-0.1, -0.05) is 50.1 Å². The molecule has 116 valence electrons. The molecule has 4 nitrogen and oxygen atoms in total. The summed E-state index contributed by atoms with van der Waals surface area (Å²) in [6, 6.07) is 10.2. The number of unbranched alkanes of at least 4 members (excludes halogenated alkanes) is 1. The van der Waals surface area contributed by atoms with Gasteiger partial charge in [-0.15, -0.1) is 0 Å². The van der Waals surface area contributed by atoms with Crippen LogP contribution in [0.5, 0.6) is 0 Å². The molecule has 4 heteroatoms. The predicted molar refractivity (Wildman–Crippen MR) is 83.1 cm³/mol. The first-order valence-electron chi connectivity index (χ1n) is 7.62. The second-order valence-corrected chi connectivity index (χ2v) is 5.05. The van der Waals surface area contributed by atoms with Crippen LogP contribution >= 0.6 is 0 Å². The minimum atomic E-state index is -0.122. The Morgan fingerprint density at radius 3 is 2.76 bits per heavy atom. The highest BCUT2D eigenvalue weighted by molar-refractivity contribution is 5.78. The summed E-state index contributed by atoms with van der Waals surface area (Å²) in [6.07, 6.45) is 4.78. The Balaban J connectivity index is 2.34. The molecular formula is C17H25NO3. The maximum Gasteiger partial charge on any atom is 0.222 e. The molecule has 0 saturated heterocycles. The van der Waals surface area contributed by atoms with Crippen molar-refractivity contribution in [3.8, 4) is 0 Å². The molecule has 0 fully saturated rings. The number of benzene rings is 1. The average Bonchev–Trinajstić information content (AvgIpc) is 2.51. The number of hydrogen-bond acceptors (Lipinski definition) is 3. The zero-order valence-electron chi connectivity index (χ0n) is 12.7. The maximum atomic E-state index is 11.7. The fourth-order valence-electron chi connectivity index (χ4n) is 2.10. The topological polar surface area (TPSA) is 55.4 Å². The lowest BCUT2D eigenvalue weighted by Gasteiger charge is -2.17. The summed E-state index contributed by atoms with van der Waals surface area (Å²) in [6.45, 7) is 2.80. The Bertz CT molecular complexity index is 406. The zero-order chi connectivity index (χ0) is 15.3. The largest absolute Gasteiger partial charge is 0.377 e. The number of amides is 1. The van der Waals surface area contributed by atoms with Crippen LogP contribution in [0.1, 0.15) is 38.2 Å². The predicted octanol–water partition coefficient (Wildman–Crippen LogP) is 2.51. The molecule has 0 spiro atoms. The van der Waals surface area contributed by atoms with Gasteiger partial charge in [-0.3, -0.25) is 4.79 Å². The van der Waals surface area contributed by atoms with E-state index in [0.29, 0.717) is 19.3 Å². The third-order valence-electron chi connectivity index (χ3n) is 3.26. The minimum absolute atomic E-state index is 0.0692. The van der Waals surface area contributed by atoms with Crippen LogP contribution in [0.2, 0.25) is 0 Å². The first-order chi connectivity index (χ1) is 10.3. The van der Waals surface area contributed by atoms with Crippen molar-refractivity contribution in [2.45, 2.75) is 45.1 Å². The van der Waals surface area contributed by atoms with E-state index in [-0.39, 0.29) is 18.6 Å². The van der Waals surface area contributed by atoms with Gasteiger partial charge >= 0.3 is 0 Å². The molecule has 0 heterocycles. The highest BCUT2D eigenvalue weighted by Crippen LogP contribution is 2.10. The third kappa shape index (κ3) is 8.25. The molecule has 1 unspecified atom stereocenters. The van der Waals surface area contributed by atoms with E-state index in [0.717, 1.165) is 25.7 Å². The highest BCUT2D eigenvalue weighted by Gasteiger charge is 2.13. The summed E-state index contributed by atoms with van der Waals surface area (Å²) >= 11 is 0. The quantitative estimate of drug-likeness (QED) is 0.637. The van der Waals surface area contributed by atoms with E-state index >= 15 is 0 Å². The number of rotatable bonds is 11. The number of hydrogen-bond donors (Lipinski definition) is 1. The van der Waals surface area contributed by atoms with Crippen molar-refractivity contribution < 1.29 is 14.3 Å². The molecule has 1 amide bonds. The van der Waals surface area contributed by atoms with Gasteiger partial charge in [0.2, 0.25) is 5.91 Å². The lowest BCUT2D eigenvalue weighted by atomic mass is 10.1. The van der Waals surface area contributed by atoms with Crippen molar-refractivity contribution >= 4 is 12.2 Å². The molecule has 0 radical (unpaired) electrons. The Morgan fingerprint density at radius 1 is 1.33 bits per heavy atom. The SMILES string of the molecule is CCCCC(CC(=O)NCC=O)OCCc1ccccc1. The van der Waals surface area contributed by atoms with E-state index in [1.54, 1.807) is 0 Å². The minimum Gasteiger partial charge on any atom is -0.377 e. The number of carbonyl (C=O) groups excluding carboxylic acids is 2. The van der Waals surface area contributed by atoms with Crippen molar-refractivity contribution in [3.63, 3.8) is 0 Å². The van der Waals surface area contributed by atoms with Crippen LogP contribution < -0.4 is 5.32 Å². The maximum absolute atomic E-state index is 11.7. The molecule has 1 atom stereocenters. The molecule has 0 saturated carbocycles. The molecule has 0 aliphatic carbocycles. The molecule has 0 aliphatic rings. The number of nitrogens with one attached hydrogen (secondary N) is 1. The molecule has 0 aromatic heterocycles. The van der Waals surface area contributed by atoms with Crippen molar-refractivity contribution in [2.24, 2.45) is 0 Å². The molecule has 1 rings (SSSR count). The van der Waals surface area contributed by atoms with Crippen molar-refractivity contribution in [1.82, 2.24) is 5.32 Å². The van der Waals surface area contributed by atoms with Crippen LogP contribution in [0.25, 0.3) is 0 Å². The molecule has 1 aromatic carbocycles. The second-order valence-electron chi connectivity index (χ2n) is 5.05. The van der Waals surface area contributed by atoms with Crippen LogP contribution in [0, 0.1) is 0 Å².